The van der Waals surface area contributed by atoms with Gasteiger partial charge in [-0.15, -0.1) is 0 Å². The molecule has 0 aliphatic rings. The van der Waals surface area contributed by atoms with Gasteiger partial charge in [-0.2, -0.15) is 5.10 Å². The highest BCUT2D eigenvalue weighted by molar-refractivity contribution is 7.16. The lowest BCUT2D eigenvalue weighted by molar-refractivity contribution is 0.407. The van der Waals surface area contributed by atoms with Gasteiger partial charge in [-0.1, -0.05) is 32.1 Å². The average molecular weight is 209 g/mol. The summed E-state index contributed by atoms with van der Waals surface area (Å²) in [6.07, 6.45) is 3.03. The predicted octanol–water partition coefficient (Wildman–Crippen LogP) is 2.69. The van der Waals surface area contributed by atoms with E-state index >= 15 is 0 Å². The van der Waals surface area contributed by atoms with Crippen molar-refractivity contribution in [3.63, 3.8) is 0 Å². The molecule has 14 heavy (non-hydrogen) atoms. The third kappa shape index (κ3) is 1.95. The van der Waals surface area contributed by atoms with E-state index in [0.29, 0.717) is 5.41 Å². The van der Waals surface area contributed by atoms with E-state index in [1.54, 1.807) is 11.3 Å². The van der Waals surface area contributed by atoms with Gasteiger partial charge >= 0.3 is 0 Å². The van der Waals surface area contributed by atoms with Crippen molar-refractivity contribution in [2.24, 2.45) is 5.41 Å². The second kappa shape index (κ2) is 3.05. The van der Waals surface area contributed by atoms with Gasteiger partial charge in [-0.25, -0.2) is 9.50 Å². The molecular weight excluding hydrogens is 194 g/mol. The summed E-state index contributed by atoms with van der Waals surface area (Å²) in [7, 11) is 0. The lowest BCUT2D eigenvalue weighted by Crippen LogP contribution is -2.09. The van der Waals surface area contributed by atoms with Gasteiger partial charge in [0, 0.05) is 0 Å². The number of rotatable bonds is 1. The summed E-state index contributed by atoms with van der Waals surface area (Å²) in [6.45, 7) is 8.67. The Balaban J connectivity index is 2.32. The Labute approximate surface area is 87.8 Å². The first kappa shape index (κ1) is 9.65. The summed E-state index contributed by atoms with van der Waals surface area (Å²) in [4.78, 5) is 5.54. The fourth-order valence-corrected chi connectivity index (χ4v) is 2.22. The third-order valence-corrected chi connectivity index (χ3v) is 2.74. The molecule has 2 aromatic rings. The number of imidazole rings is 1. The van der Waals surface area contributed by atoms with Gasteiger partial charge in [0.05, 0.1) is 11.9 Å². The zero-order chi connectivity index (χ0) is 10.3. The summed E-state index contributed by atoms with van der Waals surface area (Å²) in [5.41, 5.74) is 1.43. The van der Waals surface area contributed by atoms with Gasteiger partial charge in [0.2, 0.25) is 4.96 Å². The van der Waals surface area contributed by atoms with Crippen LogP contribution in [0.3, 0.4) is 0 Å². The van der Waals surface area contributed by atoms with Crippen LogP contribution in [0.15, 0.2) is 6.20 Å². The molecule has 0 spiro atoms. The Kier molecular flexibility index (Phi) is 2.10. The molecule has 76 valence electrons. The van der Waals surface area contributed by atoms with Crippen LogP contribution in [0.5, 0.6) is 0 Å². The van der Waals surface area contributed by atoms with Crippen molar-refractivity contribution < 1.29 is 0 Å². The van der Waals surface area contributed by atoms with Crippen LogP contribution in [0.2, 0.25) is 0 Å². The maximum Gasteiger partial charge on any atom is 0.212 e. The average Bonchev–Trinajstić information content (AvgIpc) is 2.39. The summed E-state index contributed by atoms with van der Waals surface area (Å²) in [5, 5.41) is 5.40. The number of hydrogen-bond acceptors (Lipinski definition) is 3. The molecule has 0 unspecified atom stereocenters. The van der Waals surface area contributed by atoms with Crippen LogP contribution >= 0.6 is 11.3 Å². The highest BCUT2D eigenvalue weighted by atomic mass is 32.1. The molecular formula is C10H15N3S. The van der Waals surface area contributed by atoms with Crippen molar-refractivity contribution in [3.05, 3.63) is 16.9 Å². The Bertz CT molecular complexity index is 416. The second-order valence-corrected chi connectivity index (χ2v) is 5.98. The first-order chi connectivity index (χ1) is 6.44. The molecule has 3 nitrogen and oxygen atoms in total. The summed E-state index contributed by atoms with van der Waals surface area (Å²) in [6, 6.07) is 0. The van der Waals surface area contributed by atoms with Crippen LogP contribution < -0.4 is 0 Å². The maximum atomic E-state index is 4.54. The van der Waals surface area contributed by atoms with E-state index in [1.807, 2.05) is 17.6 Å². The highest BCUT2D eigenvalue weighted by Crippen LogP contribution is 2.21. The van der Waals surface area contributed by atoms with E-state index in [1.165, 1.54) is 0 Å². The van der Waals surface area contributed by atoms with E-state index in [0.717, 1.165) is 22.1 Å². The van der Waals surface area contributed by atoms with E-state index in [9.17, 15) is 0 Å². The smallest absolute Gasteiger partial charge is 0.212 e. The largest absolute Gasteiger partial charge is 0.223 e. The van der Waals surface area contributed by atoms with Crippen LogP contribution in [-0.2, 0) is 6.42 Å². The van der Waals surface area contributed by atoms with E-state index in [4.69, 9.17) is 0 Å². The highest BCUT2D eigenvalue weighted by Gasteiger charge is 2.14. The summed E-state index contributed by atoms with van der Waals surface area (Å²) >= 11 is 1.64. The molecule has 0 aliphatic carbocycles. The first-order valence-corrected chi connectivity index (χ1v) is 5.57. The topological polar surface area (TPSA) is 30.2 Å². The van der Waals surface area contributed by atoms with Crippen molar-refractivity contribution >= 4 is 16.3 Å². The minimum Gasteiger partial charge on any atom is -0.223 e. The van der Waals surface area contributed by atoms with Gasteiger partial charge in [0.15, 0.2) is 0 Å². The van der Waals surface area contributed by atoms with E-state index in [-0.39, 0.29) is 0 Å². The van der Waals surface area contributed by atoms with Gasteiger partial charge in [0.1, 0.15) is 5.01 Å². The van der Waals surface area contributed by atoms with Crippen LogP contribution in [0.1, 0.15) is 31.5 Å². The van der Waals surface area contributed by atoms with Crippen molar-refractivity contribution in [1.82, 2.24) is 14.6 Å². The lowest BCUT2D eigenvalue weighted by atomic mass is 9.91. The van der Waals surface area contributed by atoms with Crippen molar-refractivity contribution in [1.29, 1.82) is 0 Å². The first-order valence-electron chi connectivity index (χ1n) is 4.76. The van der Waals surface area contributed by atoms with E-state index < -0.39 is 0 Å². The zero-order valence-electron chi connectivity index (χ0n) is 9.03. The fraction of sp³-hybridized carbons (Fsp3) is 0.600. The van der Waals surface area contributed by atoms with Crippen LogP contribution in [0.4, 0.5) is 0 Å². The van der Waals surface area contributed by atoms with Gasteiger partial charge < -0.3 is 0 Å². The predicted molar refractivity (Wildman–Crippen MR) is 58.8 cm³/mol. The molecule has 0 radical (unpaired) electrons. The Morgan fingerprint density at radius 1 is 1.43 bits per heavy atom. The molecule has 0 saturated heterocycles. The van der Waals surface area contributed by atoms with Crippen LogP contribution in [0, 0.1) is 12.3 Å². The van der Waals surface area contributed by atoms with Gasteiger partial charge in [0.25, 0.3) is 0 Å². The molecule has 0 N–H and O–H groups in total. The van der Waals surface area contributed by atoms with Gasteiger partial charge in [-0.3, -0.25) is 0 Å². The molecule has 2 rings (SSSR count). The lowest BCUT2D eigenvalue weighted by Gasteiger charge is -2.15. The molecule has 0 bridgehead atoms. The number of fused-ring (bicyclic) bond motifs is 1. The fourth-order valence-electron chi connectivity index (χ4n) is 1.47. The third-order valence-electron chi connectivity index (χ3n) is 1.91. The second-order valence-electron chi connectivity index (χ2n) is 4.82. The molecule has 0 amide bonds. The van der Waals surface area contributed by atoms with Crippen LogP contribution in [0.25, 0.3) is 4.96 Å². The molecule has 4 heteroatoms. The Morgan fingerprint density at radius 3 is 2.71 bits per heavy atom. The number of hydrogen-bond donors (Lipinski definition) is 0. The zero-order valence-corrected chi connectivity index (χ0v) is 9.85. The Hall–Kier alpha value is -0.900. The van der Waals surface area contributed by atoms with Crippen molar-refractivity contribution in [3.8, 4) is 0 Å². The summed E-state index contributed by atoms with van der Waals surface area (Å²) < 4.78 is 1.88. The quantitative estimate of drug-likeness (QED) is 0.723. The number of aromatic nitrogens is 3. The number of aryl methyl sites for hydroxylation is 1. The molecule has 0 saturated carbocycles. The molecule has 2 heterocycles. The normalized spacial score (nSPS) is 12.6. The molecule has 0 atom stereocenters. The van der Waals surface area contributed by atoms with Crippen LogP contribution in [-0.4, -0.2) is 14.6 Å². The number of nitrogens with zero attached hydrogens (tertiary/aromatic N) is 3. The van der Waals surface area contributed by atoms with E-state index in [2.05, 4.69) is 30.9 Å². The van der Waals surface area contributed by atoms with Crippen molar-refractivity contribution in [2.45, 2.75) is 34.1 Å². The van der Waals surface area contributed by atoms with Gasteiger partial charge in [-0.05, 0) is 18.8 Å². The molecule has 2 aromatic heterocycles. The minimum atomic E-state index is 0.291. The monoisotopic (exact) mass is 209 g/mol. The minimum absolute atomic E-state index is 0.291. The standard InChI is InChI=1S/C10H15N3S/c1-7-12-13-6-8(5-10(2,3)4)11-9(13)14-7/h6H,5H2,1-4H3. The SMILES string of the molecule is Cc1nn2cc(CC(C)(C)C)nc2s1. The molecule has 0 fully saturated rings. The Morgan fingerprint density at radius 2 is 2.14 bits per heavy atom. The molecule has 0 aliphatic heterocycles. The van der Waals surface area contributed by atoms with Crippen molar-refractivity contribution in [2.75, 3.05) is 0 Å². The maximum absolute atomic E-state index is 4.54. The molecule has 0 aromatic carbocycles. The summed E-state index contributed by atoms with van der Waals surface area (Å²) in [5.74, 6) is 0.